The highest BCUT2D eigenvalue weighted by molar-refractivity contribution is 6.42. The lowest BCUT2D eigenvalue weighted by Gasteiger charge is -2.11. The number of ether oxygens (including phenoxy) is 1. The van der Waals surface area contributed by atoms with E-state index >= 15 is 0 Å². The Hall–Kier alpha value is -0.810. The molecule has 0 bridgehead atoms. The summed E-state index contributed by atoms with van der Waals surface area (Å²) in [6.45, 7) is -1.42. The highest BCUT2D eigenvalue weighted by atomic mass is 35.5. The fourth-order valence-corrected chi connectivity index (χ4v) is 1.15. The second kappa shape index (κ2) is 4.37. The monoisotopic (exact) mass is 259 g/mol. The van der Waals surface area contributed by atoms with Crippen LogP contribution in [0.25, 0.3) is 0 Å². The maximum atomic E-state index is 11.8. The van der Waals surface area contributed by atoms with Gasteiger partial charge in [0.05, 0.1) is 15.7 Å². The van der Waals surface area contributed by atoms with Gasteiger partial charge in [0.25, 0.3) is 0 Å². The lowest BCUT2D eigenvalue weighted by atomic mass is 10.3. The van der Waals surface area contributed by atoms with Crippen LogP contribution in [0.4, 0.5) is 18.9 Å². The van der Waals surface area contributed by atoms with Crippen molar-refractivity contribution >= 4 is 28.9 Å². The molecule has 2 N–H and O–H groups in total. The van der Waals surface area contributed by atoms with E-state index in [9.17, 15) is 13.2 Å². The van der Waals surface area contributed by atoms with Crippen LogP contribution in [0.15, 0.2) is 12.1 Å². The fourth-order valence-electron chi connectivity index (χ4n) is 0.829. The van der Waals surface area contributed by atoms with Gasteiger partial charge in [-0.1, -0.05) is 23.2 Å². The van der Waals surface area contributed by atoms with Crippen molar-refractivity contribution in [3.63, 3.8) is 0 Å². The normalized spacial score (nSPS) is 11.5. The molecule has 0 saturated carbocycles. The van der Waals surface area contributed by atoms with E-state index in [1.807, 2.05) is 0 Å². The molecule has 0 aliphatic rings. The minimum absolute atomic E-state index is 0.00801. The van der Waals surface area contributed by atoms with Crippen LogP contribution in [-0.4, -0.2) is 12.8 Å². The summed E-state index contributed by atoms with van der Waals surface area (Å²) >= 11 is 11.2. The van der Waals surface area contributed by atoms with Crippen molar-refractivity contribution in [2.75, 3.05) is 12.3 Å². The first kappa shape index (κ1) is 12.3. The van der Waals surface area contributed by atoms with E-state index in [-0.39, 0.29) is 21.5 Å². The van der Waals surface area contributed by atoms with E-state index in [0.717, 1.165) is 6.07 Å². The third-order valence-electron chi connectivity index (χ3n) is 1.44. The van der Waals surface area contributed by atoms with Gasteiger partial charge in [0.1, 0.15) is 5.75 Å². The SMILES string of the molecule is Nc1cc(Cl)c(Cl)cc1OCC(F)(F)F. The minimum Gasteiger partial charge on any atom is -0.482 e. The molecule has 0 atom stereocenters. The van der Waals surface area contributed by atoms with E-state index in [1.54, 1.807) is 0 Å². The molecule has 0 heterocycles. The molecule has 0 aromatic heterocycles. The highest BCUT2D eigenvalue weighted by Crippen LogP contribution is 2.33. The standard InChI is InChI=1S/C8H6Cl2F3NO/c9-4-1-6(14)7(2-5(4)10)15-3-8(11,12)13/h1-2H,3,14H2. The summed E-state index contributed by atoms with van der Waals surface area (Å²) in [5.74, 6) is -0.137. The van der Waals surface area contributed by atoms with Crippen LogP contribution in [0.3, 0.4) is 0 Å². The first-order valence-electron chi connectivity index (χ1n) is 3.73. The van der Waals surface area contributed by atoms with E-state index in [1.165, 1.54) is 6.07 Å². The lowest BCUT2D eigenvalue weighted by molar-refractivity contribution is -0.153. The Bertz CT molecular complexity index is 368. The third-order valence-corrected chi connectivity index (χ3v) is 2.17. The Morgan fingerprint density at radius 2 is 1.73 bits per heavy atom. The number of alkyl halides is 3. The molecule has 0 aliphatic carbocycles. The zero-order valence-electron chi connectivity index (χ0n) is 7.24. The van der Waals surface area contributed by atoms with Crippen molar-refractivity contribution in [1.82, 2.24) is 0 Å². The summed E-state index contributed by atoms with van der Waals surface area (Å²) in [6.07, 6.45) is -4.42. The molecule has 0 aliphatic heterocycles. The van der Waals surface area contributed by atoms with Crippen molar-refractivity contribution in [3.05, 3.63) is 22.2 Å². The van der Waals surface area contributed by atoms with E-state index in [2.05, 4.69) is 4.74 Å². The molecule has 0 fully saturated rings. The molecule has 7 heteroatoms. The van der Waals surface area contributed by atoms with Gasteiger partial charge in [-0.05, 0) is 6.07 Å². The molecule has 15 heavy (non-hydrogen) atoms. The maximum absolute atomic E-state index is 11.8. The molecule has 1 rings (SSSR count). The molecule has 0 unspecified atom stereocenters. The number of nitrogens with two attached hydrogens (primary N) is 1. The first-order valence-corrected chi connectivity index (χ1v) is 4.49. The van der Waals surface area contributed by atoms with Crippen molar-refractivity contribution in [1.29, 1.82) is 0 Å². The number of hydrogen-bond acceptors (Lipinski definition) is 2. The molecule has 0 spiro atoms. The summed E-state index contributed by atoms with van der Waals surface area (Å²) in [7, 11) is 0. The molecule has 0 amide bonds. The summed E-state index contributed by atoms with van der Waals surface area (Å²) < 4.78 is 39.9. The zero-order chi connectivity index (χ0) is 11.6. The summed E-state index contributed by atoms with van der Waals surface area (Å²) in [5.41, 5.74) is 5.39. The van der Waals surface area contributed by atoms with Crippen LogP contribution in [0.1, 0.15) is 0 Å². The van der Waals surface area contributed by atoms with Crippen LogP contribution in [0, 0.1) is 0 Å². The zero-order valence-corrected chi connectivity index (χ0v) is 8.75. The second-order valence-electron chi connectivity index (χ2n) is 2.71. The quantitative estimate of drug-likeness (QED) is 0.825. The number of benzene rings is 1. The summed E-state index contributed by atoms with van der Waals surface area (Å²) in [5, 5.41) is 0.247. The number of halogens is 5. The van der Waals surface area contributed by atoms with Crippen LogP contribution in [0.2, 0.25) is 10.0 Å². The van der Waals surface area contributed by atoms with Crippen molar-refractivity contribution < 1.29 is 17.9 Å². The molecule has 84 valence electrons. The Balaban J connectivity index is 2.82. The van der Waals surface area contributed by atoms with Gasteiger partial charge in [-0.25, -0.2) is 0 Å². The van der Waals surface area contributed by atoms with Gasteiger partial charge in [-0.3, -0.25) is 0 Å². The minimum atomic E-state index is -4.42. The van der Waals surface area contributed by atoms with Gasteiger partial charge in [0.15, 0.2) is 6.61 Å². The predicted octanol–water partition coefficient (Wildman–Crippen LogP) is 3.52. The molecular weight excluding hydrogens is 254 g/mol. The average molecular weight is 260 g/mol. The largest absolute Gasteiger partial charge is 0.482 e. The lowest BCUT2D eigenvalue weighted by Crippen LogP contribution is -2.19. The summed E-state index contributed by atoms with van der Waals surface area (Å²) in [4.78, 5) is 0. The third kappa shape index (κ3) is 3.68. The fraction of sp³-hybridized carbons (Fsp3) is 0.250. The maximum Gasteiger partial charge on any atom is 0.422 e. The van der Waals surface area contributed by atoms with E-state index in [4.69, 9.17) is 28.9 Å². The van der Waals surface area contributed by atoms with E-state index < -0.39 is 12.8 Å². The molecule has 0 radical (unpaired) electrons. The molecular formula is C8H6Cl2F3NO. The van der Waals surface area contributed by atoms with Gasteiger partial charge < -0.3 is 10.5 Å². The van der Waals surface area contributed by atoms with Gasteiger partial charge >= 0.3 is 6.18 Å². The van der Waals surface area contributed by atoms with Crippen LogP contribution in [0.5, 0.6) is 5.75 Å². The number of anilines is 1. The number of rotatable bonds is 2. The summed E-state index contributed by atoms with van der Waals surface area (Å²) in [6, 6.07) is 2.38. The van der Waals surface area contributed by atoms with Crippen LogP contribution >= 0.6 is 23.2 Å². The van der Waals surface area contributed by atoms with Crippen molar-refractivity contribution in [2.45, 2.75) is 6.18 Å². The van der Waals surface area contributed by atoms with Gasteiger partial charge in [0, 0.05) is 6.07 Å². The van der Waals surface area contributed by atoms with Crippen molar-refractivity contribution in [2.24, 2.45) is 0 Å². The Morgan fingerprint density at radius 1 is 1.20 bits per heavy atom. The van der Waals surface area contributed by atoms with E-state index in [0.29, 0.717) is 0 Å². The Labute approximate surface area is 93.7 Å². The van der Waals surface area contributed by atoms with Crippen LogP contribution < -0.4 is 10.5 Å². The van der Waals surface area contributed by atoms with Crippen molar-refractivity contribution in [3.8, 4) is 5.75 Å². The molecule has 0 saturated heterocycles. The van der Waals surface area contributed by atoms with Gasteiger partial charge in [-0.2, -0.15) is 13.2 Å². The Kier molecular flexibility index (Phi) is 3.57. The second-order valence-corrected chi connectivity index (χ2v) is 3.52. The molecule has 1 aromatic rings. The van der Waals surface area contributed by atoms with Gasteiger partial charge in [-0.15, -0.1) is 0 Å². The number of nitrogen functional groups attached to an aromatic ring is 1. The molecule has 1 aromatic carbocycles. The van der Waals surface area contributed by atoms with Crippen LogP contribution in [-0.2, 0) is 0 Å². The Morgan fingerprint density at radius 3 is 2.27 bits per heavy atom. The first-order chi connectivity index (χ1) is 6.79. The molecule has 2 nitrogen and oxygen atoms in total. The van der Waals surface area contributed by atoms with Gasteiger partial charge in [0.2, 0.25) is 0 Å². The number of hydrogen-bond donors (Lipinski definition) is 1. The average Bonchev–Trinajstić information content (AvgIpc) is 2.07. The predicted molar refractivity (Wildman–Crippen MR) is 52.4 cm³/mol. The highest BCUT2D eigenvalue weighted by Gasteiger charge is 2.28. The smallest absolute Gasteiger partial charge is 0.422 e. The topological polar surface area (TPSA) is 35.2 Å².